The van der Waals surface area contributed by atoms with Crippen molar-refractivity contribution in [2.75, 3.05) is 25.1 Å². The molecule has 1 fully saturated rings. The van der Waals surface area contributed by atoms with Crippen molar-refractivity contribution in [2.24, 2.45) is 5.92 Å². The van der Waals surface area contributed by atoms with Crippen LogP contribution in [-0.4, -0.2) is 41.4 Å². The predicted molar refractivity (Wildman–Crippen MR) is 74.4 cm³/mol. The molecule has 0 spiro atoms. The van der Waals surface area contributed by atoms with Crippen molar-refractivity contribution in [1.82, 2.24) is 9.97 Å². The lowest BCUT2D eigenvalue weighted by molar-refractivity contribution is 0.109. The summed E-state index contributed by atoms with van der Waals surface area (Å²) in [5.74, 6) is 1.82. The average molecular weight is 286 g/mol. The third-order valence-electron chi connectivity index (χ3n) is 3.55. The lowest BCUT2D eigenvalue weighted by atomic mass is 9.92. The van der Waals surface area contributed by atoms with Crippen molar-refractivity contribution < 1.29 is 9.84 Å². The first kappa shape index (κ1) is 14.5. The monoisotopic (exact) mass is 285 g/mol. The zero-order chi connectivity index (χ0) is 13.8. The van der Waals surface area contributed by atoms with Gasteiger partial charge in [-0.05, 0) is 25.7 Å². The second-order valence-corrected chi connectivity index (χ2v) is 5.35. The second kappa shape index (κ2) is 6.50. The quantitative estimate of drug-likeness (QED) is 0.856. The zero-order valence-corrected chi connectivity index (χ0v) is 12.1. The van der Waals surface area contributed by atoms with Crippen LogP contribution in [0.5, 0.6) is 0 Å². The summed E-state index contributed by atoms with van der Waals surface area (Å²) in [5.41, 5.74) is 0. The Bertz CT molecular complexity index is 420. The van der Waals surface area contributed by atoms with E-state index in [2.05, 4.69) is 14.9 Å². The van der Waals surface area contributed by atoms with Gasteiger partial charge in [0.25, 0.3) is 0 Å². The molecule has 1 aromatic heterocycles. The average Bonchev–Trinajstić information content (AvgIpc) is 2.38. The molecular formula is C13H20ClN3O2. The lowest BCUT2D eigenvalue weighted by Gasteiger charge is -2.34. The fourth-order valence-corrected chi connectivity index (χ4v) is 2.61. The van der Waals surface area contributed by atoms with Crippen LogP contribution in [0.4, 0.5) is 5.82 Å². The first-order chi connectivity index (χ1) is 9.10. The van der Waals surface area contributed by atoms with Gasteiger partial charge in [-0.3, -0.25) is 0 Å². The number of halogens is 1. The summed E-state index contributed by atoms with van der Waals surface area (Å²) in [6.45, 7) is 3.99. The van der Waals surface area contributed by atoms with Gasteiger partial charge in [-0.2, -0.15) is 0 Å². The summed E-state index contributed by atoms with van der Waals surface area (Å²) in [6, 6.07) is 1.78. The summed E-state index contributed by atoms with van der Waals surface area (Å²) in [4.78, 5) is 10.8. The van der Waals surface area contributed by atoms with Crippen LogP contribution in [0.25, 0.3) is 0 Å². The number of ether oxygens (including phenoxy) is 1. The molecule has 1 aliphatic heterocycles. The molecule has 2 heterocycles. The maximum absolute atomic E-state index is 9.61. The molecule has 0 amide bonds. The highest BCUT2D eigenvalue weighted by atomic mass is 35.5. The van der Waals surface area contributed by atoms with Gasteiger partial charge in [0.1, 0.15) is 17.6 Å². The number of methoxy groups -OCH3 is 1. The minimum Gasteiger partial charge on any atom is -0.393 e. The molecule has 106 valence electrons. The summed E-state index contributed by atoms with van der Waals surface area (Å²) in [6.07, 6.45) is 1.71. The van der Waals surface area contributed by atoms with Gasteiger partial charge in [-0.1, -0.05) is 11.6 Å². The third-order valence-corrected chi connectivity index (χ3v) is 3.74. The smallest absolute Gasteiger partial charge is 0.158 e. The van der Waals surface area contributed by atoms with Gasteiger partial charge < -0.3 is 14.7 Å². The van der Waals surface area contributed by atoms with Crippen molar-refractivity contribution in [1.29, 1.82) is 0 Å². The summed E-state index contributed by atoms with van der Waals surface area (Å²) in [5, 5.41) is 10.0. The maximum Gasteiger partial charge on any atom is 0.158 e. The van der Waals surface area contributed by atoms with Crippen molar-refractivity contribution in [3.05, 3.63) is 17.0 Å². The maximum atomic E-state index is 9.61. The van der Waals surface area contributed by atoms with E-state index in [0.717, 1.165) is 31.7 Å². The molecule has 1 saturated heterocycles. The number of nitrogens with zero attached hydrogens (tertiary/aromatic N) is 3. The van der Waals surface area contributed by atoms with Crippen molar-refractivity contribution in [3.63, 3.8) is 0 Å². The van der Waals surface area contributed by atoms with Crippen molar-refractivity contribution >= 4 is 17.4 Å². The molecule has 1 aliphatic rings. The summed E-state index contributed by atoms with van der Waals surface area (Å²) < 4.78 is 5.04. The minimum atomic E-state index is -0.236. The Morgan fingerprint density at radius 2 is 2.16 bits per heavy atom. The number of aromatic nitrogens is 2. The number of hydrogen-bond donors (Lipinski definition) is 1. The SMILES string of the molecule is COCc1nc(Cl)cc(N2CCC(C(C)O)CC2)n1. The Hall–Kier alpha value is -0.910. The number of hydrogen-bond acceptors (Lipinski definition) is 5. The van der Waals surface area contributed by atoms with E-state index in [0.29, 0.717) is 23.5 Å². The van der Waals surface area contributed by atoms with Crippen LogP contribution in [0.1, 0.15) is 25.6 Å². The van der Waals surface area contributed by atoms with E-state index in [1.807, 2.05) is 6.92 Å². The molecular weight excluding hydrogens is 266 g/mol. The first-order valence-electron chi connectivity index (χ1n) is 6.55. The van der Waals surface area contributed by atoms with Gasteiger partial charge >= 0.3 is 0 Å². The summed E-state index contributed by atoms with van der Waals surface area (Å²) >= 11 is 6.01. The van der Waals surface area contributed by atoms with Crippen molar-refractivity contribution in [3.8, 4) is 0 Å². The van der Waals surface area contributed by atoms with Crippen molar-refractivity contribution in [2.45, 2.75) is 32.5 Å². The summed E-state index contributed by atoms with van der Waals surface area (Å²) in [7, 11) is 1.61. The van der Waals surface area contributed by atoms with Crippen LogP contribution in [0.2, 0.25) is 5.15 Å². The number of piperidine rings is 1. The van der Waals surface area contributed by atoms with E-state index in [4.69, 9.17) is 16.3 Å². The minimum absolute atomic E-state index is 0.236. The van der Waals surface area contributed by atoms with E-state index in [1.54, 1.807) is 13.2 Å². The molecule has 0 aromatic carbocycles. The Morgan fingerprint density at radius 1 is 1.47 bits per heavy atom. The highest BCUT2D eigenvalue weighted by molar-refractivity contribution is 6.29. The van der Waals surface area contributed by atoms with Crippen LogP contribution in [-0.2, 0) is 11.3 Å². The zero-order valence-electron chi connectivity index (χ0n) is 11.3. The molecule has 0 bridgehead atoms. The molecule has 19 heavy (non-hydrogen) atoms. The Morgan fingerprint density at radius 3 is 2.74 bits per heavy atom. The Kier molecular flexibility index (Phi) is 4.96. The molecule has 1 N–H and O–H groups in total. The number of aliphatic hydroxyl groups excluding tert-OH is 1. The largest absolute Gasteiger partial charge is 0.393 e. The standard InChI is InChI=1S/C13H20ClN3O2/c1-9(18)10-3-5-17(6-4-10)13-7-11(14)15-12(16-13)8-19-2/h7,9-10,18H,3-6,8H2,1-2H3. The first-order valence-corrected chi connectivity index (χ1v) is 6.93. The normalized spacial score (nSPS) is 18.6. The topological polar surface area (TPSA) is 58.5 Å². The lowest BCUT2D eigenvalue weighted by Crippen LogP contribution is -2.37. The van der Waals surface area contributed by atoms with E-state index in [9.17, 15) is 5.11 Å². The van der Waals surface area contributed by atoms with Crippen LogP contribution >= 0.6 is 11.6 Å². The number of rotatable bonds is 4. The highest BCUT2D eigenvalue weighted by Gasteiger charge is 2.23. The third kappa shape index (κ3) is 3.78. The van der Waals surface area contributed by atoms with Gasteiger partial charge in [0.05, 0.1) is 6.10 Å². The van der Waals surface area contributed by atoms with Gasteiger partial charge in [0, 0.05) is 26.3 Å². The molecule has 0 radical (unpaired) electrons. The molecule has 0 aliphatic carbocycles. The predicted octanol–water partition coefficient (Wildman–Crippen LogP) is 1.87. The fourth-order valence-electron chi connectivity index (χ4n) is 2.42. The van der Waals surface area contributed by atoms with E-state index in [1.165, 1.54) is 0 Å². The van der Waals surface area contributed by atoms with Crippen LogP contribution in [0, 0.1) is 5.92 Å². The van der Waals surface area contributed by atoms with Gasteiger partial charge in [-0.15, -0.1) is 0 Å². The van der Waals surface area contributed by atoms with Gasteiger partial charge in [-0.25, -0.2) is 9.97 Å². The fraction of sp³-hybridized carbons (Fsp3) is 0.692. The molecule has 1 atom stereocenters. The van der Waals surface area contributed by atoms with E-state index < -0.39 is 0 Å². The Balaban J connectivity index is 2.06. The van der Waals surface area contributed by atoms with E-state index >= 15 is 0 Å². The van der Waals surface area contributed by atoms with Crippen LogP contribution in [0.15, 0.2) is 6.07 Å². The molecule has 2 rings (SSSR count). The molecule has 1 unspecified atom stereocenters. The highest BCUT2D eigenvalue weighted by Crippen LogP contribution is 2.25. The van der Waals surface area contributed by atoms with Crippen LogP contribution in [0.3, 0.4) is 0 Å². The van der Waals surface area contributed by atoms with Gasteiger partial charge in [0.2, 0.25) is 0 Å². The van der Waals surface area contributed by atoms with E-state index in [-0.39, 0.29) is 6.10 Å². The number of anilines is 1. The Labute approximate surface area is 118 Å². The molecule has 1 aromatic rings. The molecule has 6 heteroatoms. The second-order valence-electron chi connectivity index (χ2n) is 4.96. The van der Waals surface area contributed by atoms with Crippen LogP contribution < -0.4 is 4.90 Å². The molecule has 5 nitrogen and oxygen atoms in total. The number of aliphatic hydroxyl groups is 1. The van der Waals surface area contributed by atoms with Gasteiger partial charge in [0.15, 0.2) is 5.82 Å². The molecule has 0 saturated carbocycles.